The van der Waals surface area contributed by atoms with Gasteiger partial charge in [-0.3, -0.25) is 4.79 Å². The van der Waals surface area contributed by atoms with E-state index in [1.807, 2.05) is 19.9 Å². The maximum atomic E-state index is 11.4. The molecule has 4 atom stereocenters. The zero-order valence-electron chi connectivity index (χ0n) is 16.0. The summed E-state index contributed by atoms with van der Waals surface area (Å²) in [6.07, 6.45) is 7.62. The van der Waals surface area contributed by atoms with E-state index < -0.39 is 11.9 Å². The molecule has 3 aliphatic rings. The van der Waals surface area contributed by atoms with Gasteiger partial charge >= 0.3 is 5.97 Å². The third-order valence-electron chi connectivity index (χ3n) is 7.17. The van der Waals surface area contributed by atoms with E-state index in [1.165, 1.54) is 43.2 Å². The zero-order chi connectivity index (χ0) is 18.3. The molecule has 1 saturated carbocycles. The Morgan fingerprint density at radius 2 is 2.19 bits per heavy atom. The number of carboxylic acid groups (broad SMARTS) is 1. The highest BCUT2D eigenvalue weighted by Gasteiger charge is 2.51. The number of nitrogens with one attached hydrogen (secondary N) is 1. The van der Waals surface area contributed by atoms with Crippen LogP contribution in [-0.2, 0) is 16.6 Å². The van der Waals surface area contributed by atoms with Crippen molar-refractivity contribution in [2.75, 3.05) is 13.2 Å². The van der Waals surface area contributed by atoms with Crippen LogP contribution in [0.5, 0.6) is 5.75 Å². The second-order valence-corrected chi connectivity index (χ2v) is 8.84. The van der Waals surface area contributed by atoms with Crippen molar-refractivity contribution in [2.24, 2.45) is 17.8 Å². The van der Waals surface area contributed by atoms with Crippen molar-refractivity contribution in [3.8, 4) is 5.75 Å². The first-order valence-corrected chi connectivity index (χ1v) is 10.2. The fraction of sp³-hybridized carbons (Fsp3) is 0.682. The van der Waals surface area contributed by atoms with E-state index in [0.717, 1.165) is 24.6 Å². The lowest BCUT2D eigenvalue weighted by molar-refractivity contribution is -0.144. The summed E-state index contributed by atoms with van der Waals surface area (Å²) in [6, 6.07) is 7.13. The first-order valence-electron chi connectivity index (χ1n) is 10.2. The van der Waals surface area contributed by atoms with Crippen molar-refractivity contribution >= 4 is 5.97 Å². The number of aliphatic carboxylic acids is 1. The monoisotopic (exact) mass is 357 g/mol. The van der Waals surface area contributed by atoms with E-state index in [1.54, 1.807) is 0 Å². The van der Waals surface area contributed by atoms with Crippen LogP contribution in [0.25, 0.3) is 0 Å². The summed E-state index contributed by atoms with van der Waals surface area (Å²) >= 11 is 0. The summed E-state index contributed by atoms with van der Waals surface area (Å²) < 4.78 is 5.97. The van der Waals surface area contributed by atoms with Crippen LogP contribution in [0.2, 0.25) is 0 Å². The Morgan fingerprint density at radius 1 is 1.35 bits per heavy atom. The van der Waals surface area contributed by atoms with E-state index in [0.29, 0.717) is 11.5 Å². The molecule has 1 heterocycles. The van der Waals surface area contributed by atoms with Crippen molar-refractivity contribution in [3.63, 3.8) is 0 Å². The molecule has 2 fully saturated rings. The van der Waals surface area contributed by atoms with E-state index in [2.05, 4.69) is 17.4 Å². The highest BCUT2D eigenvalue weighted by atomic mass is 16.5. The van der Waals surface area contributed by atoms with E-state index in [9.17, 15) is 9.90 Å². The average Bonchev–Trinajstić information content (AvgIpc) is 2.61. The summed E-state index contributed by atoms with van der Waals surface area (Å²) in [7, 11) is 0. The van der Waals surface area contributed by atoms with Gasteiger partial charge in [-0.15, -0.1) is 0 Å². The minimum Gasteiger partial charge on any atom is -0.493 e. The topological polar surface area (TPSA) is 58.6 Å². The van der Waals surface area contributed by atoms with E-state index in [4.69, 9.17) is 4.74 Å². The number of hydrogen-bond acceptors (Lipinski definition) is 3. The van der Waals surface area contributed by atoms with Gasteiger partial charge in [-0.1, -0.05) is 32.8 Å². The second-order valence-electron chi connectivity index (χ2n) is 8.84. The zero-order valence-corrected chi connectivity index (χ0v) is 16.0. The molecule has 0 radical (unpaired) electrons. The van der Waals surface area contributed by atoms with Crippen molar-refractivity contribution < 1.29 is 14.6 Å². The number of hydrogen-bond donors (Lipinski definition) is 2. The van der Waals surface area contributed by atoms with Gasteiger partial charge in [0.1, 0.15) is 12.4 Å². The molecular weight excluding hydrogens is 326 g/mol. The number of carboxylic acids is 1. The van der Waals surface area contributed by atoms with Crippen LogP contribution in [0.4, 0.5) is 0 Å². The molecule has 142 valence electrons. The van der Waals surface area contributed by atoms with E-state index >= 15 is 0 Å². The van der Waals surface area contributed by atoms with Crippen molar-refractivity contribution in [3.05, 3.63) is 29.3 Å². The number of ether oxygens (including phenoxy) is 1. The van der Waals surface area contributed by atoms with Gasteiger partial charge in [0.2, 0.25) is 0 Å². The molecule has 2 N–H and O–H groups in total. The SMILES string of the molecule is CC(C)C(COc1ccc2c(c1)[C@@]13CCCC[C@H]1[C@@H](C2)NCC3)C(=O)O. The summed E-state index contributed by atoms with van der Waals surface area (Å²) in [5, 5.41) is 13.2. The standard InChI is InChI=1S/C22H31NO3/c1-14(2)17(21(24)25)13-26-16-7-6-15-11-20-18-5-3-4-8-22(18,9-10-23-20)19(15)12-16/h6-7,12,14,17-18,20,23H,3-5,8-11,13H2,1-2H3,(H,24,25)/t17?,18-,20+,22+/m0/s1. The predicted octanol–water partition coefficient (Wildman–Crippen LogP) is 3.77. The molecule has 1 aliphatic heterocycles. The Labute approximate surface area is 156 Å². The molecule has 2 bridgehead atoms. The lowest BCUT2D eigenvalue weighted by atomic mass is 9.53. The number of rotatable bonds is 5. The summed E-state index contributed by atoms with van der Waals surface area (Å²) in [5.41, 5.74) is 3.27. The van der Waals surface area contributed by atoms with Crippen LogP contribution < -0.4 is 10.1 Å². The minimum absolute atomic E-state index is 0.0663. The molecule has 4 rings (SSSR count). The smallest absolute Gasteiger partial charge is 0.310 e. The van der Waals surface area contributed by atoms with Crippen LogP contribution in [0, 0.1) is 17.8 Å². The normalized spacial score (nSPS) is 31.0. The molecule has 0 spiro atoms. The number of piperidine rings is 1. The highest BCUT2D eigenvalue weighted by molar-refractivity contribution is 5.70. The summed E-state index contributed by atoms with van der Waals surface area (Å²) in [6.45, 7) is 5.23. The van der Waals surface area contributed by atoms with Gasteiger partial charge in [0.05, 0.1) is 5.92 Å². The van der Waals surface area contributed by atoms with Crippen LogP contribution in [0.15, 0.2) is 18.2 Å². The van der Waals surface area contributed by atoms with Gasteiger partial charge in [-0.2, -0.15) is 0 Å². The molecule has 4 heteroatoms. The van der Waals surface area contributed by atoms with Gasteiger partial charge in [-0.05, 0) is 67.3 Å². The molecule has 1 aromatic rings. The highest BCUT2D eigenvalue weighted by Crippen LogP contribution is 2.54. The Hall–Kier alpha value is -1.55. The maximum absolute atomic E-state index is 11.4. The summed E-state index contributed by atoms with van der Waals surface area (Å²) in [5.74, 6) is 0.415. The Bertz CT molecular complexity index is 682. The second kappa shape index (κ2) is 6.88. The molecule has 1 unspecified atom stereocenters. The fourth-order valence-electron chi connectivity index (χ4n) is 5.73. The summed E-state index contributed by atoms with van der Waals surface area (Å²) in [4.78, 5) is 11.4. The average molecular weight is 357 g/mol. The molecule has 26 heavy (non-hydrogen) atoms. The van der Waals surface area contributed by atoms with E-state index in [-0.39, 0.29) is 12.5 Å². The van der Waals surface area contributed by atoms with Gasteiger partial charge < -0.3 is 15.2 Å². The Balaban J connectivity index is 1.61. The molecule has 1 aromatic carbocycles. The van der Waals surface area contributed by atoms with Crippen molar-refractivity contribution in [2.45, 2.75) is 63.8 Å². The minimum atomic E-state index is -0.773. The molecular formula is C22H31NO3. The third kappa shape index (κ3) is 2.92. The van der Waals surface area contributed by atoms with Crippen molar-refractivity contribution in [1.82, 2.24) is 5.32 Å². The molecule has 4 nitrogen and oxygen atoms in total. The van der Waals surface area contributed by atoms with Gasteiger partial charge in [0.25, 0.3) is 0 Å². The van der Waals surface area contributed by atoms with Crippen molar-refractivity contribution in [1.29, 1.82) is 0 Å². The lowest BCUT2D eigenvalue weighted by Gasteiger charge is -2.56. The van der Waals surface area contributed by atoms with Crippen LogP contribution in [0.1, 0.15) is 57.1 Å². The quantitative estimate of drug-likeness (QED) is 0.842. The number of fused-ring (bicyclic) bond motifs is 1. The number of carbonyl (C=O) groups is 1. The fourth-order valence-corrected chi connectivity index (χ4v) is 5.73. The largest absolute Gasteiger partial charge is 0.493 e. The lowest BCUT2D eigenvalue weighted by Crippen LogP contribution is -2.59. The third-order valence-corrected chi connectivity index (χ3v) is 7.17. The Kier molecular flexibility index (Phi) is 4.72. The van der Waals surface area contributed by atoms with Gasteiger partial charge in [-0.25, -0.2) is 0 Å². The molecule has 0 amide bonds. The molecule has 1 saturated heterocycles. The number of benzene rings is 1. The van der Waals surface area contributed by atoms with Crippen LogP contribution >= 0.6 is 0 Å². The molecule has 0 aromatic heterocycles. The van der Waals surface area contributed by atoms with Crippen LogP contribution in [0.3, 0.4) is 0 Å². The maximum Gasteiger partial charge on any atom is 0.310 e. The molecule has 2 aliphatic carbocycles. The first kappa shape index (κ1) is 17.8. The van der Waals surface area contributed by atoms with Crippen LogP contribution in [-0.4, -0.2) is 30.3 Å². The first-order chi connectivity index (χ1) is 12.5. The Morgan fingerprint density at radius 3 is 2.96 bits per heavy atom. The predicted molar refractivity (Wildman–Crippen MR) is 102 cm³/mol. The van der Waals surface area contributed by atoms with Gasteiger partial charge in [0, 0.05) is 11.5 Å². The van der Waals surface area contributed by atoms with Gasteiger partial charge in [0.15, 0.2) is 0 Å².